The molecule has 308 valence electrons. The molecule has 2 heteroatoms. The first-order valence-corrected chi connectivity index (χ1v) is 23.8. The van der Waals surface area contributed by atoms with E-state index in [0.29, 0.717) is 0 Å². The van der Waals surface area contributed by atoms with E-state index in [0.717, 1.165) is 49.2 Å². The van der Waals surface area contributed by atoms with E-state index < -0.39 is 6.83 Å². The molecule has 0 radical (unpaired) electrons. The van der Waals surface area contributed by atoms with Crippen LogP contribution in [-0.4, -0.2) is 0 Å². The Labute approximate surface area is 361 Å². The molecule has 0 aliphatic heterocycles. The molecule has 0 aliphatic rings. The van der Waals surface area contributed by atoms with Gasteiger partial charge in [-0.3, -0.25) is 0 Å². The second-order valence-electron chi connectivity index (χ2n) is 20.7. The fourth-order valence-electron chi connectivity index (χ4n) is 8.65. The van der Waals surface area contributed by atoms with Gasteiger partial charge in [0, 0.05) is 0 Å². The van der Waals surface area contributed by atoms with E-state index in [9.17, 15) is 0 Å². The van der Waals surface area contributed by atoms with Crippen LogP contribution in [0.15, 0.2) is 176 Å². The summed E-state index contributed by atoms with van der Waals surface area (Å²) in [5.41, 5.74) is 9.49. The van der Waals surface area contributed by atoms with Gasteiger partial charge >= 0.3 is 363 Å². The van der Waals surface area contributed by atoms with E-state index in [2.05, 4.69) is 259 Å². The van der Waals surface area contributed by atoms with Crippen LogP contribution in [0.5, 0.6) is 5.75 Å². The molecule has 1 nitrogen and oxygen atoms in total. The maximum atomic E-state index is 8.61. The zero-order valence-corrected chi connectivity index (χ0v) is 39.0. The van der Waals surface area contributed by atoms with Gasteiger partial charge in [-0.05, 0) is 0 Å². The van der Waals surface area contributed by atoms with E-state index in [1.165, 1.54) is 22.3 Å². The number of hydrogen-bond acceptors (Lipinski definition) is 1. The predicted octanol–water partition coefficient (Wildman–Crippen LogP) is 14.4. The standard InChI is InChI=1S/C58H65OP/c1-55(2,3)44-26-34-48(35-27-44)60(49-36-28-45(29-37-49)56(4,5)6,50-38-30-46(31-39-50)57(7,8)9,51-40-32-47(33-41-51)58(10,11)12)59-53-25-19-24-52(42-20-15-13-16-21-42)54(53)43-22-17-14-18-23-43/h13-41H,1-12H3. The Hall–Kier alpha value is -5.23. The second-order valence-corrected chi connectivity index (χ2v) is 25.0. The molecule has 0 saturated carbocycles. The van der Waals surface area contributed by atoms with Crippen LogP contribution < -0.4 is 25.7 Å². The van der Waals surface area contributed by atoms with Crippen LogP contribution in [0.4, 0.5) is 0 Å². The van der Waals surface area contributed by atoms with E-state index in [4.69, 9.17) is 4.52 Å². The summed E-state index contributed by atoms with van der Waals surface area (Å²) in [5, 5.41) is 4.64. The molecule has 0 atom stereocenters. The molecule has 0 heterocycles. The van der Waals surface area contributed by atoms with E-state index in [1.54, 1.807) is 0 Å². The fraction of sp³-hybridized carbons (Fsp3) is 0.276. The van der Waals surface area contributed by atoms with Crippen molar-refractivity contribution in [1.82, 2.24) is 0 Å². The quantitative estimate of drug-likeness (QED) is 0.139. The van der Waals surface area contributed by atoms with E-state index in [1.807, 2.05) is 0 Å². The van der Waals surface area contributed by atoms with Gasteiger partial charge in [0.15, 0.2) is 0 Å². The molecule has 0 fully saturated rings. The van der Waals surface area contributed by atoms with Crippen LogP contribution in [0.1, 0.15) is 105 Å². The summed E-state index contributed by atoms with van der Waals surface area (Å²) in [6.45, 7) is 23.2. The molecule has 7 aromatic carbocycles. The Balaban J connectivity index is 1.73. The maximum absolute atomic E-state index is 8.61. The Morgan fingerprint density at radius 1 is 0.300 bits per heavy atom. The van der Waals surface area contributed by atoms with Gasteiger partial charge in [0.2, 0.25) is 0 Å². The molecule has 0 aromatic heterocycles. The summed E-state index contributed by atoms with van der Waals surface area (Å²) in [7, 11) is 0. The van der Waals surface area contributed by atoms with Crippen LogP contribution in [0, 0.1) is 0 Å². The van der Waals surface area contributed by atoms with Crippen molar-refractivity contribution in [3.63, 3.8) is 0 Å². The van der Waals surface area contributed by atoms with Crippen molar-refractivity contribution >= 4 is 28.0 Å². The molecule has 0 aliphatic carbocycles. The Kier molecular flexibility index (Phi) is 11.2. The normalized spacial score (nSPS) is 13.4. The summed E-state index contributed by atoms with van der Waals surface area (Å²) in [6, 6.07) is 66.0. The number of benzene rings is 7. The Morgan fingerprint density at radius 3 is 0.900 bits per heavy atom. The molecular weight excluding hydrogens is 744 g/mol. The zero-order valence-electron chi connectivity index (χ0n) is 38.1. The van der Waals surface area contributed by atoms with Crippen molar-refractivity contribution in [3.05, 3.63) is 198 Å². The van der Waals surface area contributed by atoms with Gasteiger partial charge in [-0.2, -0.15) is 0 Å². The molecule has 0 N–H and O–H groups in total. The predicted molar refractivity (Wildman–Crippen MR) is 264 cm³/mol. The first-order chi connectivity index (χ1) is 28.2. The van der Waals surface area contributed by atoms with Crippen LogP contribution in [0.25, 0.3) is 22.3 Å². The number of hydrogen-bond donors (Lipinski definition) is 0. The van der Waals surface area contributed by atoms with Crippen molar-refractivity contribution in [1.29, 1.82) is 0 Å². The molecule has 0 unspecified atom stereocenters. The summed E-state index contributed by atoms with van der Waals surface area (Å²) in [6.07, 6.45) is 0. The van der Waals surface area contributed by atoms with Crippen LogP contribution in [0.2, 0.25) is 0 Å². The second kappa shape index (κ2) is 15.7. The van der Waals surface area contributed by atoms with E-state index >= 15 is 0 Å². The van der Waals surface area contributed by atoms with Crippen molar-refractivity contribution in [2.75, 3.05) is 0 Å². The summed E-state index contributed by atoms with van der Waals surface area (Å²) in [4.78, 5) is 0. The monoisotopic (exact) mass is 808 g/mol. The summed E-state index contributed by atoms with van der Waals surface area (Å²) < 4.78 is 8.61. The average Bonchev–Trinajstić information content (AvgIpc) is 3.22. The first kappa shape index (κ1) is 42.9. The van der Waals surface area contributed by atoms with Crippen molar-refractivity contribution in [2.24, 2.45) is 0 Å². The van der Waals surface area contributed by atoms with Crippen molar-refractivity contribution in [2.45, 2.75) is 105 Å². The first-order valence-electron chi connectivity index (χ1n) is 21.6. The van der Waals surface area contributed by atoms with Crippen LogP contribution in [-0.2, 0) is 21.7 Å². The van der Waals surface area contributed by atoms with Gasteiger partial charge in [-0.1, -0.05) is 0 Å². The molecule has 60 heavy (non-hydrogen) atoms. The van der Waals surface area contributed by atoms with Gasteiger partial charge in [0.25, 0.3) is 0 Å². The Morgan fingerprint density at radius 2 is 0.600 bits per heavy atom. The molecule has 0 spiro atoms. The third-order valence-corrected chi connectivity index (χ3v) is 18.1. The van der Waals surface area contributed by atoms with Crippen LogP contribution >= 0.6 is 6.83 Å². The molecule has 0 bridgehead atoms. The van der Waals surface area contributed by atoms with Gasteiger partial charge in [0.05, 0.1) is 0 Å². The zero-order chi connectivity index (χ0) is 43.2. The molecular formula is C58H65OP. The minimum atomic E-state index is -4.27. The Bertz CT molecular complexity index is 2300. The van der Waals surface area contributed by atoms with Crippen molar-refractivity contribution in [3.8, 4) is 28.0 Å². The molecule has 0 saturated heterocycles. The van der Waals surface area contributed by atoms with Crippen molar-refractivity contribution < 1.29 is 4.52 Å². The minimum absolute atomic E-state index is 0.0304. The van der Waals surface area contributed by atoms with Gasteiger partial charge in [-0.25, -0.2) is 0 Å². The van der Waals surface area contributed by atoms with Crippen LogP contribution in [0.3, 0.4) is 0 Å². The topological polar surface area (TPSA) is 9.23 Å². The fourth-order valence-corrected chi connectivity index (χ4v) is 14.3. The summed E-state index contributed by atoms with van der Waals surface area (Å²) in [5.74, 6) is 0.847. The molecule has 0 amide bonds. The molecule has 7 rings (SSSR count). The van der Waals surface area contributed by atoms with Gasteiger partial charge in [0.1, 0.15) is 0 Å². The third-order valence-electron chi connectivity index (χ3n) is 12.4. The molecule has 7 aromatic rings. The van der Waals surface area contributed by atoms with Gasteiger partial charge in [-0.15, -0.1) is 0 Å². The number of rotatable bonds is 8. The average molecular weight is 809 g/mol. The van der Waals surface area contributed by atoms with Gasteiger partial charge < -0.3 is 0 Å². The third kappa shape index (κ3) is 7.79. The summed E-state index contributed by atoms with van der Waals surface area (Å²) >= 11 is 0. The SMILES string of the molecule is CC(C)(C)c1ccc(P(Oc2cccc(-c3ccccc3)c2-c2ccccc2)(c2ccc(C(C)(C)C)cc2)(c2ccc(C(C)(C)C)cc2)c2ccc(C(C)(C)C)cc2)cc1. The van der Waals surface area contributed by atoms with E-state index in [-0.39, 0.29) is 21.7 Å².